The molecule has 0 spiro atoms. The van der Waals surface area contributed by atoms with Gasteiger partial charge in [0.05, 0.1) is 5.60 Å². The highest BCUT2D eigenvalue weighted by Gasteiger charge is 2.34. The lowest BCUT2D eigenvalue weighted by Gasteiger charge is -2.36. The first-order valence-electron chi connectivity index (χ1n) is 4.75. The molecule has 0 atom stereocenters. The molecule has 0 amide bonds. The van der Waals surface area contributed by atoms with Crippen molar-refractivity contribution in [2.24, 2.45) is 0 Å². The summed E-state index contributed by atoms with van der Waals surface area (Å²) < 4.78 is 12.7. The molecule has 1 N–H and O–H groups in total. The summed E-state index contributed by atoms with van der Waals surface area (Å²) in [7, 11) is 0. The zero-order valence-electron chi connectivity index (χ0n) is 7.76. The van der Waals surface area contributed by atoms with Crippen LogP contribution in [0.5, 0.6) is 0 Å². The molecule has 0 aromatic heterocycles. The maximum absolute atomic E-state index is 12.7. The van der Waals surface area contributed by atoms with Crippen LogP contribution in [-0.4, -0.2) is 10.7 Å². The van der Waals surface area contributed by atoms with Crippen molar-refractivity contribution in [3.05, 3.63) is 34.6 Å². The van der Waals surface area contributed by atoms with Gasteiger partial charge >= 0.3 is 0 Å². The van der Waals surface area contributed by atoms with E-state index in [1.54, 1.807) is 6.07 Å². The van der Waals surface area contributed by atoms with Crippen molar-refractivity contribution in [1.29, 1.82) is 0 Å². The van der Waals surface area contributed by atoms with E-state index in [1.807, 2.05) is 0 Å². The predicted octanol–water partition coefficient (Wildman–Crippen LogP) is 2.94. The van der Waals surface area contributed by atoms with Gasteiger partial charge in [-0.3, -0.25) is 0 Å². The Hall–Kier alpha value is -0.600. The van der Waals surface area contributed by atoms with Crippen LogP contribution in [0.4, 0.5) is 4.39 Å². The summed E-state index contributed by atoms with van der Waals surface area (Å²) in [6, 6.07) is 4.32. The third-order valence-corrected chi connectivity index (χ3v) is 3.17. The normalized spacial score (nSPS) is 19.1. The third-order valence-electron chi connectivity index (χ3n) is 2.82. The minimum Gasteiger partial charge on any atom is -0.390 e. The molecule has 0 unspecified atom stereocenters. The number of hydrogen-bond donors (Lipinski definition) is 1. The molecule has 0 saturated heterocycles. The Morgan fingerprint density at radius 1 is 1.43 bits per heavy atom. The molecule has 1 aliphatic carbocycles. The van der Waals surface area contributed by atoms with E-state index in [0.717, 1.165) is 24.8 Å². The number of rotatable bonds is 2. The van der Waals surface area contributed by atoms with Gasteiger partial charge in [0.1, 0.15) is 5.82 Å². The van der Waals surface area contributed by atoms with Crippen LogP contribution in [0, 0.1) is 5.82 Å². The number of hydrogen-bond acceptors (Lipinski definition) is 1. The number of benzene rings is 1. The summed E-state index contributed by atoms with van der Waals surface area (Å²) in [6.07, 6.45) is 3.24. The maximum Gasteiger partial charge on any atom is 0.124 e. The molecular weight excluding hydrogens is 203 g/mol. The zero-order chi connectivity index (χ0) is 10.2. The molecule has 0 bridgehead atoms. The molecular formula is C11H12ClFO. The van der Waals surface area contributed by atoms with E-state index in [9.17, 15) is 9.50 Å². The van der Waals surface area contributed by atoms with Crippen LogP contribution in [0.2, 0.25) is 5.02 Å². The summed E-state index contributed by atoms with van der Waals surface area (Å²) in [5.41, 5.74) is 0.233. The van der Waals surface area contributed by atoms with E-state index < -0.39 is 5.60 Å². The average Bonchev–Trinajstić information content (AvgIpc) is 2.07. The Kier molecular flexibility index (Phi) is 2.50. The number of aliphatic hydroxyl groups is 1. The van der Waals surface area contributed by atoms with Crippen molar-refractivity contribution in [1.82, 2.24) is 0 Å². The van der Waals surface area contributed by atoms with E-state index in [-0.39, 0.29) is 5.82 Å². The number of halogens is 2. The first-order chi connectivity index (χ1) is 6.59. The fourth-order valence-corrected chi connectivity index (χ4v) is 2.02. The molecule has 0 aliphatic heterocycles. The average molecular weight is 215 g/mol. The van der Waals surface area contributed by atoms with E-state index in [4.69, 9.17) is 11.6 Å². The molecule has 0 radical (unpaired) electrons. The van der Waals surface area contributed by atoms with Crippen molar-refractivity contribution in [2.45, 2.75) is 31.3 Å². The molecule has 76 valence electrons. The molecule has 1 nitrogen and oxygen atoms in total. The monoisotopic (exact) mass is 214 g/mol. The summed E-state index contributed by atoms with van der Waals surface area (Å²) in [5, 5.41) is 10.3. The lowest BCUT2D eigenvalue weighted by molar-refractivity contribution is -0.0322. The van der Waals surface area contributed by atoms with Gasteiger partial charge < -0.3 is 5.11 Å². The second-order valence-electron chi connectivity index (χ2n) is 3.99. The Labute approximate surface area is 87.5 Å². The molecule has 1 saturated carbocycles. The molecule has 1 aromatic rings. The van der Waals surface area contributed by atoms with Crippen molar-refractivity contribution in [2.75, 3.05) is 0 Å². The molecule has 3 heteroatoms. The maximum atomic E-state index is 12.7. The van der Waals surface area contributed by atoms with Crippen LogP contribution in [-0.2, 0) is 6.42 Å². The summed E-state index contributed by atoms with van der Waals surface area (Å²) in [5.74, 6) is -0.334. The highest BCUT2D eigenvalue weighted by atomic mass is 35.5. The van der Waals surface area contributed by atoms with Gasteiger partial charge in [-0.1, -0.05) is 17.7 Å². The summed E-state index contributed by atoms with van der Waals surface area (Å²) in [6.45, 7) is 0. The van der Waals surface area contributed by atoms with Crippen LogP contribution in [0.1, 0.15) is 24.8 Å². The zero-order valence-corrected chi connectivity index (χ0v) is 8.52. The van der Waals surface area contributed by atoms with E-state index >= 15 is 0 Å². The molecule has 1 fully saturated rings. The van der Waals surface area contributed by atoms with Crippen LogP contribution < -0.4 is 0 Å². The largest absolute Gasteiger partial charge is 0.390 e. The van der Waals surface area contributed by atoms with Gasteiger partial charge in [-0.25, -0.2) is 4.39 Å². The van der Waals surface area contributed by atoms with E-state index in [0.29, 0.717) is 11.4 Å². The van der Waals surface area contributed by atoms with Crippen LogP contribution in [0.3, 0.4) is 0 Å². The first kappa shape index (κ1) is 9.94. The molecule has 0 heterocycles. The van der Waals surface area contributed by atoms with Gasteiger partial charge in [0.15, 0.2) is 0 Å². The SMILES string of the molecule is OC1(Cc2ccc(F)cc2Cl)CCC1. The Bertz CT molecular complexity index is 347. The lowest BCUT2D eigenvalue weighted by atomic mass is 9.76. The van der Waals surface area contributed by atoms with Gasteiger partial charge in [-0.15, -0.1) is 0 Å². The Morgan fingerprint density at radius 3 is 2.64 bits per heavy atom. The molecule has 14 heavy (non-hydrogen) atoms. The fourth-order valence-electron chi connectivity index (χ4n) is 1.78. The van der Waals surface area contributed by atoms with Gasteiger partial charge in [0.2, 0.25) is 0 Å². The minimum atomic E-state index is -0.596. The topological polar surface area (TPSA) is 20.2 Å². The highest BCUT2D eigenvalue weighted by Crippen LogP contribution is 2.36. The Morgan fingerprint density at radius 2 is 2.14 bits per heavy atom. The van der Waals surface area contributed by atoms with Crippen molar-refractivity contribution in [3.63, 3.8) is 0 Å². The van der Waals surface area contributed by atoms with Crippen molar-refractivity contribution in [3.8, 4) is 0 Å². The van der Waals surface area contributed by atoms with Gasteiger partial charge in [-0.2, -0.15) is 0 Å². The van der Waals surface area contributed by atoms with Crippen molar-refractivity contribution >= 4 is 11.6 Å². The van der Waals surface area contributed by atoms with Crippen LogP contribution in [0.15, 0.2) is 18.2 Å². The van der Waals surface area contributed by atoms with Gasteiger partial charge in [-0.05, 0) is 37.0 Å². The van der Waals surface area contributed by atoms with E-state index in [2.05, 4.69) is 0 Å². The quantitative estimate of drug-likeness (QED) is 0.803. The smallest absolute Gasteiger partial charge is 0.124 e. The first-order valence-corrected chi connectivity index (χ1v) is 5.13. The minimum absolute atomic E-state index is 0.334. The standard InChI is InChI=1S/C11H12ClFO/c12-10-6-9(13)3-2-8(10)7-11(14)4-1-5-11/h2-3,6,14H,1,4-5,7H2. The highest BCUT2D eigenvalue weighted by molar-refractivity contribution is 6.31. The lowest BCUT2D eigenvalue weighted by Crippen LogP contribution is -2.38. The summed E-state index contributed by atoms with van der Waals surface area (Å²) in [4.78, 5) is 0. The van der Waals surface area contributed by atoms with Crippen molar-refractivity contribution < 1.29 is 9.50 Å². The van der Waals surface area contributed by atoms with E-state index in [1.165, 1.54) is 12.1 Å². The van der Waals surface area contributed by atoms with Gasteiger partial charge in [0.25, 0.3) is 0 Å². The second-order valence-corrected chi connectivity index (χ2v) is 4.40. The van der Waals surface area contributed by atoms with Crippen LogP contribution >= 0.6 is 11.6 Å². The molecule has 2 rings (SSSR count). The second kappa shape index (κ2) is 3.52. The summed E-state index contributed by atoms with van der Waals surface area (Å²) >= 11 is 5.87. The molecule has 1 aliphatic rings. The predicted molar refractivity (Wildman–Crippen MR) is 53.9 cm³/mol. The third kappa shape index (κ3) is 1.91. The Balaban J connectivity index is 2.16. The van der Waals surface area contributed by atoms with Gasteiger partial charge in [0, 0.05) is 11.4 Å². The molecule has 1 aromatic carbocycles. The fraction of sp³-hybridized carbons (Fsp3) is 0.455. The van der Waals surface area contributed by atoms with Crippen LogP contribution in [0.25, 0.3) is 0 Å².